The van der Waals surface area contributed by atoms with Crippen molar-refractivity contribution >= 4 is 17.6 Å². The number of rotatable bonds is 4. The zero-order valence-electron chi connectivity index (χ0n) is 9.27. The van der Waals surface area contributed by atoms with Crippen molar-refractivity contribution in [2.45, 2.75) is 19.4 Å². The smallest absolute Gasteiger partial charge is 0.341 e. The summed E-state index contributed by atoms with van der Waals surface area (Å²) in [5.74, 6) is -2.09. The van der Waals surface area contributed by atoms with Gasteiger partial charge in [0.1, 0.15) is 5.82 Å². The molecule has 0 spiro atoms. The fraction of sp³-hybridized carbons (Fsp3) is 0.273. The van der Waals surface area contributed by atoms with E-state index in [2.05, 4.69) is 0 Å². The summed E-state index contributed by atoms with van der Waals surface area (Å²) in [5, 5.41) is 0. The molecule has 0 aliphatic rings. The largest absolute Gasteiger partial charge is 0.449 e. The van der Waals surface area contributed by atoms with Crippen molar-refractivity contribution in [3.05, 3.63) is 29.6 Å². The number of anilines is 1. The summed E-state index contributed by atoms with van der Waals surface area (Å²) in [6, 6.07) is 3.28. The minimum absolute atomic E-state index is 0.00565. The van der Waals surface area contributed by atoms with Gasteiger partial charge < -0.3 is 16.2 Å². The lowest BCUT2D eigenvalue weighted by atomic mass is 10.1. The van der Waals surface area contributed by atoms with Crippen molar-refractivity contribution in [1.82, 2.24) is 0 Å². The number of carbonyl (C=O) groups is 2. The fourth-order valence-corrected chi connectivity index (χ4v) is 1.25. The molecule has 0 saturated heterocycles. The number of nitrogens with two attached hydrogens (primary N) is 2. The zero-order valence-corrected chi connectivity index (χ0v) is 9.27. The number of halogens is 1. The van der Waals surface area contributed by atoms with Crippen LogP contribution in [0.15, 0.2) is 18.2 Å². The Morgan fingerprint density at radius 1 is 1.47 bits per heavy atom. The molecule has 4 N–H and O–H groups in total. The van der Waals surface area contributed by atoms with Crippen LogP contribution in [0.25, 0.3) is 0 Å². The quantitative estimate of drug-likeness (QED) is 0.601. The molecule has 92 valence electrons. The third-order valence-corrected chi connectivity index (χ3v) is 2.17. The Morgan fingerprint density at radius 3 is 2.59 bits per heavy atom. The molecule has 0 saturated carbocycles. The third kappa shape index (κ3) is 3.17. The van der Waals surface area contributed by atoms with Crippen LogP contribution in [-0.2, 0) is 9.53 Å². The molecule has 1 rings (SSSR count). The lowest BCUT2D eigenvalue weighted by Crippen LogP contribution is -2.32. The molecule has 1 atom stereocenters. The van der Waals surface area contributed by atoms with Crippen LogP contribution in [0, 0.1) is 5.82 Å². The maximum Gasteiger partial charge on any atom is 0.341 e. The van der Waals surface area contributed by atoms with Crippen LogP contribution in [0.3, 0.4) is 0 Å². The SMILES string of the molecule is CCC(OC(=O)c1ccc(F)cc1N)C(N)=O. The lowest BCUT2D eigenvalue weighted by molar-refractivity contribution is -0.126. The summed E-state index contributed by atoms with van der Waals surface area (Å²) in [6.07, 6.45) is -0.741. The first kappa shape index (κ1) is 13.0. The van der Waals surface area contributed by atoms with Gasteiger partial charge in [-0.25, -0.2) is 9.18 Å². The van der Waals surface area contributed by atoms with E-state index in [0.29, 0.717) is 0 Å². The summed E-state index contributed by atoms with van der Waals surface area (Å²) >= 11 is 0. The predicted octanol–water partition coefficient (Wildman–Crippen LogP) is 0.829. The maximum atomic E-state index is 12.8. The van der Waals surface area contributed by atoms with Gasteiger partial charge in [-0.2, -0.15) is 0 Å². The molecular weight excluding hydrogens is 227 g/mol. The summed E-state index contributed by atoms with van der Waals surface area (Å²) < 4.78 is 17.6. The number of hydrogen-bond donors (Lipinski definition) is 2. The van der Waals surface area contributed by atoms with E-state index in [9.17, 15) is 14.0 Å². The second kappa shape index (κ2) is 5.29. The number of hydrogen-bond acceptors (Lipinski definition) is 4. The molecule has 1 aromatic rings. The van der Waals surface area contributed by atoms with Crippen LogP contribution >= 0.6 is 0 Å². The van der Waals surface area contributed by atoms with Gasteiger partial charge >= 0.3 is 5.97 Å². The van der Waals surface area contributed by atoms with Crippen LogP contribution in [0.5, 0.6) is 0 Å². The van der Waals surface area contributed by atoms with Gasteiger partial charge in [0.2, 0.25) is 0 Å². The van der Waals surface area contributed by atoms with Gasteiger partial charge in [0.15, 0.2) is 6.10 Å². The highest BCUT2D eigenvalue weighted by atomic mass is 19.1. The number of ether oxygens (including phenoxy) is 1. The molecule has 6 heteroatoms. The summed E-state index contributed by atoms with van der Waals surface area (Å²) in [7, 11) is 0. The Bertz CT molecular complexity index is 448. The first-order valence-corrected chi connectivity index (χ1v) is 5.01. The van der Waals surface area contributed by atoms with Gasteiger partial charge in [-0.1, -0.05) is 6.92 Å². The normalized spacial score (nSPS) is 11.9. The second-order valence-corrected chi connectivity index (χ2v) is 3.44. The molecule has 1 unspecified atom stereocenters. The van der Waals surface area contributed by atoms with E-state index in [0.717, 1.165) is 12.1 Å². The first-order valence-electron chi connectivity index (χ1n) is 5.01. The van der Waals surface area contributed by atoms with Crippen LogP contribution in [0.1, 0.15) is 23.7 Å². The Balaban J connectivity index is 2.86. The van der Waals surface area contributed by atoms with Gasteiger partial charge in [0.05, 0.1) is 5.56 Å². The van der Waals surface area contributed by atoms with Crippen molar-refractivity contribution in [2.24, 2.45) is 5.73 Å². The van der Waals surface area contributed by atoms with E-state index in [4.69, 9.17) is 16.2 Å². The Kier molecular flexibility index (Phi) is 4.03. The molecule has 0 aliphatic heterocycles. The Hall–Kier alpha value is -2.11. The molecule has 17 heavy (non-hydrogen) atoms. The minimum atomic E-state index is -1.01. The van der Waals surface area contributed by atoms with Gasteiger partial charge in [-0.15, -0.1) is 0 Å². The van der Waals surface area contributed by atoms with Crippen LogP contribution < -0.4 is 11.5 Å². The molecule has 0 fully saturated rings. The topological polar surface area (TPSA) is 95.4 Å². The summed E-state index contributed by atoms with van der Waals surface area (Å²) in [4.78, 5) is 22.5. The summed E-state index contributed by atoms with van der Waals surface area (Å²) in [5.41, 5.74) is 10.4. The van der Waals surface area contributed by atoms with Gasteiger partial charge in [0.25, 0.3) is 5.91 Å². The number of carbonyl (C=O) groups excluding carboxylic acids is 2. The molecule has 0 aliphatic carbocycles. The number of nitrogen functional groups attached to an aromatic ring is 1. The predicted molar refractivity (Wildman–Crippen MR) is 59.5 cm³/mol. The highest BCUT2D eigenvalue weighted by Crippen LogP contribution is 2.15. The lowest BCUT2D eigenvalue weighted by Gasteiger charge is -2.13. The van der Waals surface area contributed by atoms with E-state index in [-0.39, 0.29) is 17.7 Å². The molecule has 0 radical (unpaired) electrons. The van der Waals surface area contributed by atoms with Crippen molar-refractivity contribution in [2.75, 3.05) is 5.73 Å². The molecule has 5 nitrogen and oxygen atoms in total. The van der Waals surface area contributed by atoms with Crippen LogP contribution in [-0.4, -0.2) is 18.0 Å². The van der Waals surface area contributed by atoms with Gasteiger partial charge in [-0.3, -0.25) is 4.79 Å². The van der Waals surface area contributed by atoms with Gasteiger partial charge in [-0.05, 0) is 24.6 Å². The number of primary amides is 1. The van der Waals surface area contributed by atoms with Crippen molar-refractivity contribution < 1.29 is 18.7 Å². The highest BCUT2D eigenvalue weighted by Gasteiger charge is 2.20. The molecule has 1 aromatic carbocycles. The fourth-order valence-electron chi connectivity index (χ4n) is 1.25. The molecule has 0 heterocycles. The average molecular weight is 240 g/mol. The molecule has 0 aromatic heterocycles. The van der Waals surface area contributed by atoms with Crippen molar-refractivity contribution in [3.63, 3.8) is 0 Å². The highest BCUT2D eigenvalue weighted by molar-refractivity contribution is 5.96. The van der Waals surface area contributed by atoms with Crippen molar-refractivity contribution in [3.8, 4) is 0 Å². The first-order chi connectivity index (χ1) is 7.95. The molecule has 1 amide bonds. The number of amides is 1. The van der Waals surface area contributed by atoms with Gasteiger partial charge in [0, 0.05) is 5.69 Å². The van der Waals surface area contributed by atoms with Crippen LogP contribution in [0.4, 0.5) is 10.1 Å². The monoisotopic (exact) mass is 240 g/mol. The second-order valence-electron chi connectivity index (χ2n) is 3.44. The zero-order chi connectivity index (χ0) is 13.0. The van der Waals surface area contributed by atoms with E-state index in [1.165, 1.54) is 6.07 Å². The summed E-state index contributed by atoms with van der Waals surface area (Å²) in [6.45, 7) is 1.65. The standard InChI is InChI=1S/C11H13FN2O3/c1-2-9(10(14)15)17-11(16)7-4-3-6(12)5-8(7)13/h3-5,9H,2,13H2,1H3,(H2,14,15). The van der Waals surface area contributed by atoms with E-state index < -0.39 is 23.8 Å². The number of esters is 1. The minimum Gasteiger partial charge on any atom is -0.449 e. The Labute approximate surface area is 97.5 Å². The maximum absolute atomic E-state index is 12.8. The van der Waals surface area contributed by atoms with Crippen molar-refractivity contribution in [1.29, 1.82) is 0 Å². The average Bonchev–Trinajstić information content (AvgIpc) is 2.24. The molecule has 0 bridgehead atoms. The van der Waals surface area contributed by atoms with E-state index in [1.54, 1.807) is 6.92 Å². The van der Waals surface area contributed by atoms with Crippen LogP contribution in [0.2, 0.25) is 0 Å². The third-order valence-electron chi connectivity index (χ3n) is 2.17. The van der Waals surface area contributed by atoms with E-state index >= 15 is 0 Å². The Morgan fingerprint density at radius 2 is 2.12 bits per heavy atom. The molecular formula is C11H13FN2O3. The van der Waals surface area contributed by atoms with E-state index in [1.807, 2.05) is 0 Å². The number of benzene rings is 1.